The van der Waals surface area contributed by atoms with E-state index in [1.165, 1.54) is 5.56 Å². The molecule has 1 N–H and O–H groups in total. The smallest absolute Gasteiger partial charge is 0.192 e. The average molecular weight is 226 g/mol. The fourth-order valence-corrected chi connectivity index (χ4v) is 1.95. The van der Waals surface area contributed by atoms with Gasteiger partial charge in [0.25, 0.3) is 0 Å². The summed E-state index contributed by atoms with van der Waals surface area (Å²) in [5.41, 5.74) is 2.27. The molecule has 0 bridgehead atoms. The predicted octanol–water partition coefficient (Wildman–Crippen LogP) is 3.24. The van der Waals surface area contributed by atoms with Crippen molar-refractivity contribution in [2.24, 2.45) is 0 Å². The van der Waals surface area contributed by atoms with E-state index >= 15 is 0 Å². The van der Waals surface area contributed by atoms with Crippen LogP contribution in [0.1, 0.15) is 32.0 Å². The zero-order valence-electron chi connectivity index (χ0n) is 10.6. The van der Waals surface area contributed by atoms with Crippen LogP contribution in [0.15, 0.2) is 6.20 Å². The fourth-order valence-electron chi connectivity index (χ4n) is 0.996. The van der Waals surface area contributed by atoms with Crippen molar-refractivity contribution in [2.75, 3.05) is 0 Å². The molecule has 0 saturated carbocycles. The van der Waals surface area contributed by atoms with E-state index in [4.69, 9.17) is 4.43 Å². The predicted molar refractivity (Wildman–Crippen MR) is 65.3 cm³/mol. The van der Waals surface area contributed by atoms with Crippen molar-refractivity contribution in [3.05, 3.63) is 17.5 Å². The van der Waals surface area contributed by atoms with Gasteiger partial charge in [-0.1, -0.05) is 20.8 Å². The van der Waals surface area contributed by atoms with E-state index in [2.05, 4.69) is 44.1 Å². The second kappa shape index (κ2) is 4.10. The first-order chi connectivity index (χ1) is 6.74. The van der Waals surface area contributed by atoms with Gasteiger partial charge in [0.2, 0.25) is 0 Å². The van der Waals surface area contributed by atoms with Crippen LogP contribution in [0.2, 0.25) is 18.1 Å². The molecule has 4 heteroatoms. The summed E-state index contributed by atoms with van der Waals surface area (Å²) >= 11 is 0. The molecular weight excluding hydrogens is 204 g/mol. The SMILES string of the molecule is Cc1[nH]ncc1CO[Si](C)(C)C(C)(C)C. The van der Waals surface area contributed by atoms with E-state index in [1.807, 2.05) is 13.1 Å². The average Bonchev–Trinajstić information content (AvgIpc) is 2.46. The lowest BCUT2D eigenvalue weighted by Crippen LogP contribution is -2.40. The lowest BCUT2D eigenvalue weighted by molar-refractivity contribution is 0.276. The van der Waals surface area contributed by atoms with E-state index in [1.54, 1.807) is 0 Å². The third kappa shape index (κ3) is 2.92. The number of hydrogen-bond donors (Lipinski definition) is 1. The van der Waals surface area contributed by atoms with E-state index < -0.39 is 8.32 Å². The lowest BCUT2D eigenvalue weighted by Gasteiger charge is -2.36. The molecule has 1 rings (SSSR count). The van der Waals surface area contributed by atoms with Crippen LogP contribution >= 0.6 is 0 Å². The van der Waals surface area contributed by atoms with Gasteiger partial charge in [-0.3, -0.25) is 5.10 Å². The summed E-state index contributed by atoms with van der Waals surface area (Å²) in [6.45, 7) is 14.0. The van der Waals surface area contributed by atoms with Crippen molar-refractivity contribution < 1.29 is 4.43 Å². The maximum absolute atomic E-state index is 6.10. The van der Waals surface area contributed by atoms with Gasteiger partial charge in [0.05, 0.1) is 12.8 Å². The van der Waals surface area contributed by atoms with Gasteiger partial charge in [-0.15, -0.1) is 0 Å². The first kappa shape index (κ1) is 12.5. The van der Waals surface area contributed by atoms with Gasteiger partial charge in [-0.05, 0) is 25.1 Å². The molecule has 15 heavy (non-hydrogen) atoms. The van der Waals surface area contributed by atoms with Crippen LogP contribution in [-0.4, -0.2) is 18.5 Å². The standard InChI is InChI=1S/C11H22N2OSi/c1-9-10(7-12-13-9)8-14-15(5,6)11(2,3)4/h7H,8H2,1-6H3,(H,12,13). The van der Waals surface area contributed by atoms with Crippen LogP contribution in [0.4, 0.5) is 0 Å². The number of rotatable bonds is 3. The minimum atomic E-state index is -1.63. The topological polar surface area (TPSA) is 37.9 Å². The Morgan fingerprint density at radius 1 is 1.40 bits per heavy atom. The summed E-state index contributed by atoms with van der Waals surface area (Å²) in [6, 6.07) is 0. The van der Waals surface area contributed by atoms with Gasteiger partial charge in [-0.25, -0.2) is 0 Å². The molecule has 0 aliphatic rings. The first-order valence-electron chi connectivity index (χ1n) is 5.37. The number of H-pyrrole nitrogens is 1. The molecule has 0 amide bonds. The van der Waals surface area contributed by atoms with Crippen LogP contribution in [0.25, 0.3) is 0 Å². The number of nitrogens with one attached hydrogen (secondary N) is 1. The monoisotopic (exact) mass is 226 g/mol. The van der Waals surface area contributed by atoms with Crippen LogP contribution in [0.5, 0.6) is 0 Å². The summed E-state index contributed by atoms with van der Waals surface area (Å²) in [4.78, 5) is 0. The third-order valence-corrected chi connectivity index (χ3v) is 7.81. The molecule has 0 aliphatic heterocycles. The highest BCUT2D eigenvalue weighted by Gasteiger charge is 2.37. The van der Waals surface area contributed by atoms with Crippen molar-refractivity contribution in [3.8, 4) is 0 Å². The Bertz CT molecular complexity index is 326. The highest BCUT2D eigenvalue weighted by atomic mass is 28.4. The van der Waals surface area contributed by atoms with Crippen molar-refractivity contribution in [2.45, 2.75) is 52.4 Å². The number of aromatic amines is 1. The zero-order valence-corrected chi connectivity index (χ0v) is 11.6. The largest absolute Gasteiger partial charge is 0.412 e. The normalized spacial score (nSPS) is 13.2. The van der Waals surface area contributed by atoms with E-state index in [0.717, 1.165) is 5.69 Å². The fraction of sp³-hybridized carbons (Fsp3) is 0.727. The van der Waals surface area contributed by atoms with Gasteiger partial charge in [0, 0.05) is 11.3 Å². The molecule has 1 aromatic heterocycles. The van der Waals surface area contributed by atoms with Gasteiger partial charge >= 0.3 is 0 Å². The molecule has 0 spiro atoms. The maximum atomic E-state index is 6.10. The zero-order chi connectivity index (χ0) is 11.7. The molecule has 86 valence electrons. The molecule has 3 nitrogen and oxygen atoms in total. The quantitative estimate of drug-likeness (QED) is 0.803. The van der Waals surface area contributed by atoms with Crippen LogP contribution in [0, 0.1) is 6.92 Å². The second-order valence-electron chi connectivity index (χ2n) is 5.57. The second-order valence-corrected chi connectivity index (χ2v) is 10.4. The maximum Gasteiger partial charge on any atom is 0.192 e. The number of hydrogen-bond acceptors (Lipinski definition) is 2. The van der Waals surface area contributed by atoms with E-state index in [0.29, 0.717) is 6.61 Å². The Balaban J connectivity index is 2.61. The molecule has 0 unspecified atom stereocenters. The molecule has 0 fully saturated rings. The molecule has 0 atom stereocenters. The Labute approximate surface area is 93.4 Å². The molecule has 1 aromatic rings. The summed E-state index contributed by atoms with van der Waals surface area (Å²) in [6.07, 6.45) is 1.85. The summed E-state index contributed by atoms with van der Waals surface area (Å²) < 4.78 is 6.10. The van der Waals surface area contributed by atoms with Gasteiger partial charge in [-0.2, -0.15) is 5.10 Å². The Hall–Kier alpha value is -0.613. The number of aryl methyl sites for hydroxylation is 1. The molecule has 0 saturated heterocycles. The first-order valence-corrected chi connectivity index (χ1v) is 8.28. The van der Waals surface area contributed by atoms with Crippen LogP contribution in [-0.2, 0) is 11.0 Å². The highest BCUT2D eigenvalue weighted by molar-refractivity contribution is 6.74. The van der Waals surface area contributed by atoms with E-state index in [9.17, 15) is 0 Å². The highest BCUT2D eigenvalue weighted by Crippen LogP contribution is 2.37. The molecule has 0 radical (unpaired) electrons. The van der Waals surface area contributed by atoms with Crippen molar-refractivity contribution in [1.82, 2.24) is 10.2 Å². The van der Waals surface area contributed by atoms with Crippen molar-refractivity contribution in [1.29, 1.82) is 0 Å². The number of nitrogens with zero attached hydrogens (tertiary/aromatic N) is 1. The van der Waals surface area contributed by atoms with Crippen LogP contribution in [0.3, 0.4) is 0 Å². The van der Waals surface area contributed by atoms with Crippen molar-refractivity contribution >= 4 is 8.32 Å². The van der Waals surface area contributed by atoms with Gasteiger partial charge in [0.15, 0.2) is 8.32 Å². The minimum Gasteiger partial charge on any atom is -0.412 e. The van der Waals surface area contributed by atoms with Crippen LogP contribution < -0.4 is 0 Å². The molecular formula is C11H22N2OSi. The Kier molecular flexibility index (Phi) is 3.40. The third-order valence-electron chi connectivity index (χ3n) is 3.33. The number of aromatic nitrogens is 2. The molecule has 0 aromatic carbocycles. The Morgan fingerprint density at radius 3 is 2.40 bits per heavy atom. The summed E-state index contributed by atoms with van der Waals surface area (Å²) in [7, 11) is -1.63. The Morgan fingerprint density at radius 2 is 2.00 bits per heavy atom. The summed E-state index contributed by atoms with van der Waals surface area (Å²) in [5.74, 6) is 0. The molecule has 1 heterocycles. The van der Waals surface area contributed by atoms with Gasteiger partial charge < -0.3 is 4.43 Å². The van der Waals surface area contributed by atoms with E-state index in [-0.39, 0.29) is 5.04 Å². The summed E-state index contributed by atoms with van der Waals surface area (Å²) in [5, 5.41) is 7.19. The minimum absolute atomic E-state index is 0.268. The molecule has 0 aliphatic carbocycles. The van der Waals surface area contributed by atoms with Crippen molar-refractivity contribution in [3.63, 3.8) is 0 Å². The van der Waals surface area contributed by atoms with Gasteiger partial charge in [0.1, 0.15) is 0 Å². The lowest BCUT2D eigenvalue weighted by atomic mass is 10.2.